The molecule has 2 amide bonds. The van der Waals surface area contributed by atoms with Crippen molar-refractivity contribution in [3.05, 3.63) is 47.2 Å². The third-order valence-corrected chi connectivity index (χ3v) is 5.62. The molecule has 7 nitrogen and oxygen atoms in total. The van der Waals surface area contributed by atoms with Crippen LogP contribution in [0.15, 0.2) is 36.4 Å². The van der Waals surface area contributed by atoms with Gasteiger partial charge in [-0.25, -0.2) is 4.39 Å². The Kier molecular flexibility index (Phi) is 6.46. The molecule has 1 fully saturated rings. The summed E-state index contributed by atoms with van der Waals surface area (Å²) >= 11 is 5.91. The van der Waals surface area contributed by atoms with Crippen LogP contribution in [-0.4, -0.2) is 43.2 Å². The van der Waals surface area contributed by atoms with Gasteiger partial charge in [-0.3, -0.25) is 9.59 Å². The summed E-state index contributed by atoms with van der Waals surface area (Å²) in [5.41, 5.74) is 0.657. The van der Waals surface area contributed by atoms with Crippen LogP contribution in [0.4, 0.5) is 10.1 Å². The first-order chi connectivity index (χ1) is 15.0. The summed E-state index contributed by atoms with van der Waals surface area (Å²) in [6.07, 6.45) is 1.36. The van der Waals surface area contributed by atoms with Crippen LogP contribution in [0.2, 0.25) is 5.02 Å². The van der Waals surface area contributed by atoms with Crippen molar-refractivity contribution in [1.29, 1.82) is 0 Å². The van der Waals surface area contributed by atoms with E-state index in [0.29, 0.717) is 48.9 Å². The Hall–Kier alpha value is -3.00. The van der Waals surface area contributed by atoms with Crippen LogP contribution in [0.5, 0.6) is 17.2 Å². The molecule has 2 aromatic rings. The number of carbonyl (C=O) groups excluding carboxylic acids is 2. The molecule has 0 atom stereocenters. The summed E-state index contributed by atoms with van der Waals surface area (Å²) in [6, 6.07) is 9.14. The number of carbonyl (C=O) groups is 2. The molecule has 4 rings (SSSR count). The van der Waals surface area contributed by atoms with Crippen LogP contribution in [0.25, 0.3) is 0 Å². The second-order valence-electron chi connectivity index (χ2n) is 7.39. The van der Waals surface area contributed by atoms with Gasteiger partial charge in [0, 0.05) is 30.8 Å². The molecule has 0 unspecified atom stereocenters. The van der Waals surface area contributed by atoms with Crippen LogP contribution in [0.1, 0.15) is 19.3 Å². The first kappa shape index (κ1) is 21.2. The van der Waals surface area contributed by atoms with E-state index in [-0.39, 0.29) is 42.6 Å². The molecule has 9 heteroatoms. The molecule has 0 aromatic heterocycles. The van der Waals surface area contributed by atoms with Gasteiger partial charge in [-0.05, 0) is 43.2 Å². The first-order valence-electron chi connectivity index (χ1n) is 10.1. The zero-order valence-corrected chi connectivity index (χ0v) is 17.5. The van der Waals surface area contributed by atoms with E-state index < -0.39 is 5.82 Å². The van der Waals surface area contributed by atoms with Crippen molar-refractivity contribution in [2.75, 3.05) is 31.8 Å². The van der Waals surface area contributed by atoms with E-state index in [4.69, 9.17) is 25.8 Å². The minimum atomic E-state index is -0.446. The van der Waals surface area contributed by atoms with Gasteiger partial charge >= 0.3 is 0 Å². The molecule has 0 aliphatic carbocycles. The van der Waals surface area contributed by atoms with E-state index in [1.54, 1.807) is 23.1 Å². The number of hydrogen-bond acceptors (Lipinski definition) is 5. The Morgan fingerprint density at radius 1 is 1.13 bits per heavy atom. The number of likely N-dealkylation sites (tertiary alicyclic amines) is 1. The second-order valence-corrected chi connectivity index (χ2v) is 7.79. The van der Waals surface area contributed by atoms with E-state index >= 15 is 0 Å². The number of amides is 2. The van der Waals surface area contributed by atoms with Crippen molar-refractivity contribution in [3.63, 3.8) is 0 Å². The first-order valence-corrected chi connectivity index (χ1v) is 10.4. The van der Waals surface area contributed by atoms with Crippen molar-refractivity contribution in [2.24, 2.45) is 5.92 Å². The average Bonchev–Trinajstić information content (AvgIpc) is 3.23. The predicted octanol–water partition coefficient (Wildman–Crippen LogP) is 3.85. The topological polar surface area (TPSA) is 77.1 Å². The molecule has 31 heavy (non-hydrogen) atoms. The molecule has 0 bridgehead atoms. The van der Waals surface area contributed by atoms with E-state index in [9.17, 15) is 14.0 Å². The lowest BCUT2D eigenvalue weighted by atomic mass is 9.95. The fraction of sp³-hybridized carbons (Fsp3) is 0.364. The highest BCUT2D eigenvalue weighted by Crippen LogP contribution is 2.34. The second kappa shape index (κ2) is 9.43. The highest BCUT2D eigenvalue weighted by atomic mass is 35.5. The Balaban J connectivity index is 1.20. The number of nitrogens with one attached hydrogen (secondary N) is 1. The maximum absolute atomic E-state index is 13.1. The summed E-state index contributed by atoms with van der Waals surface area (Å²) < 4.78 is 29.1. The van der Waals surface area contributed by atoms with Crippen molar-refractivity contribution in [3.8, 4) is 17.2 Å². The number of fused-ring (bicyclic) bond motifs is 1. The number of halogens is 2. The van der Waals surface area contributed by atoms with Gasteiger partial charge in [0.2, 0.25) is 18.6 Å². The van der Waals surface area contributed by atoms with Crippen LogP contribution >= 0.6 is 11.6 Å². The number of hydrogen-bond donors (Lipinski definition) is 1. The Morgan fingerprint density at radius 2 is 1.90 bits per heavy atom. The summed E-state index contributed by atoms with van der Waals surface area (Å²) in [5, 5.41) is 3.08. The molecule has 0 radical (unpaired) electrons. The van der Waals surface area contributed by atoms with Gasteiger partial charge in [0.15, 0.2) is 11.5 Å². The van der Waals surface area contributed by atoms with Crippen LogP contribution < -0.4 is 19.5 Å². The van der Waals surface area contributed by atoms with Gasteiger partial charge in [0.05, 0.1) is 18.1 Å². The van der Waals surface area contributed by atoms with Crippen molar-refractivity contribution >= 4 is 29.1 Å². The number of ether oxygens (including phenoxy) is 3. The molecule has 164 valence electrons. The number of anilines is 1. The molecular weight excluding hydrogens is 427 g/mol. The monoisotopic (exact) mass is 448 g/mol. The fourth-order valence-corrected chi connectivity index (χ4v) is 3.83. The standard InChI is InChI=1S/C22H22ClFN2O5/c23-17-11-15(24)1-3-18(17)29-10-7-21(27)26-8-5-14(6-9-26)22(28)25-16-2-4-19-20(12-16)31-13-30-19/h1-4,11-12,14H,5-10,13H2,(H,25,28). The smallest absolute Gasteiger partial charge is 0.231 e. The number of rotatable bonds is 6. The number of benzene rings is 2. The Morgan fingerprint density at radius 3 is 2.68 bits per heavy atom. The van der Waals surface area contributed by atoms with E-state index in [1.807, 2.05) is 0 Å². The van der Waals surface area contributed by atoms with Crippen LogP contribution in [-0.2, 0) is 9.59 Å². The van der Waals surface area contributed by atoms with E-state index in [1.165, 1.54) is 12.1 Å². The molecule has 1 N–H and O–H groups in total. The lowest BCUT2D eigenvalue weighted by Crippen LogP contribution is -2.41. The quantitative estimate of drug-likeness (QED) is 0.726. The van der Waals surface area contributed by atoms with Gasteiger partial charge < -0.3 is 24.4 Å². The third-order valence-electron chi connectivity index (χ3n) is 5.33. The fourth-order valence-electron chi connectivity index (χ4n) is 3.61. The molecular formula is C22H22ClFN2O5. The van der Waals surface area contributed by atoms with E-state index in [0.717, 1.165) is 6.07 Å². The maximum atomic E-state index is 13.1. The Bertz CT molecular complexity index is 978. The van der Waals surface area contributed by atoms with Gasteiger partial charge in [-0.1, -0.05) is 11.6 Å². The molecule has 1 saturated heterocycles. The molecule has 2 aliphatic rings. The Labute approximate surface area is 184 Å². The number of nitrogens with zero attached hydrogens (tertiary/aromatic N) is 1. The van der Waals surface area contributed by atoms with Crippen LogP contribution in [0, 0.1) is 11.7 Å². The largest absolute Gasteiger partial charge is 0.491 e. The zero-order valence-electron chi connectivity index (χ0n) is 16.7. The summed E-state index contributed by atoms with van der Waals surface area (Å²) in [5.74, 6) is 0.892. The third kappa shape index (κ3) is 5.19. The number of piperidine rings is 1. The summed E-state index contributed by atoms with van der Waals surface area (Å²) in [4.78, 5) is 26.7. The average molecular weight is 449 g/mol. The maximum Gasteiger partial charge on any atom is 0.231 e. The molecule has 2 aliphatic heterocycles. The van der Waals surface area contributed by atoms with E-state index in [2.05, 4.69) is 5.32 Å². The molecule has 0 spiro atoms. The summed E-state index contributed by atoms with van der Waals surface area (Å²) in [6.45, 7) is 1.35. The lowest BCUT2D eigenvalue weighted by molar-refractivity contribution is -0.135. The van der Waals surface area contributed by atoms with Gasteiger partial charge in [-0.2, -0.15) is 0 Å². The highest BCUT2D eigenvalue weighted by molar-refractivity contribution is 6.32. The van der Waals surface area contributed by atoms with Crippen LogP contribution in [0.3, 0.4) is 0 Å². The highest BCUT2D eigenvalue weighted by Gasteiger charge is 2.27. The normalized spacial score (nSPS) is 15.6. The zero-order chi connectivity index (χ0) is 21.8. The lowest BCUT2D eigenvalue weighted by Gasteiger charge is -2.31. The minimum absolute atomic E-state index is 0.0483. The predicted molar refractivity (Wildman–Crippen MR) is 112 cm³/mol. The molecule has 2 heterocycles. The van der Waals surface area contributed by atoms with Crippen molar-refractivity contribution in [1.82, 2.24) is 4.90 Å². The summed E-state index contributed by atoms with van der Waals surface area (Å²) in [7, 11) is 0. The molecule has 0 saturated carbocycles. The van der Waals surface area contributed by atoms with Crippen molar-refractivity contribution < 1.29 is 28.2 Å². The van der Waals surface area contributed by atoms with Crippen molar-refractivity contribution in [2.45, 2.75) is 19.3 Å². The van der Waals surface area contributed by atoms with Gasteiger partial charge in [0.1, 0.15) is 11.6 Å². The molecule has 2 aromatic carbocycles. The SMILES string of the molecule is O=C(Nc1ccc2c(c1)OCO2)C1CCN(C(=O)CCOc2ccc(F)cc2Cl)CC1. The van der Waals surface area contributed by atoms with Gasteiger partial charge in [-0.15, -0.1) is 0 Å². The van der Waals surface area contributed by atoms with Gasteiger partial charge in [0.25, 0.3) is 0 Å². The minimum Gasteiger partial charge on any atom is -0.491 e.